The van der Waals surface area contributed by atoms with Gasteiger partial charge in [-0.2, -0.15) is 4.55 Å². The summed E-state index contributed by atoms with van der Waals surface area (Å²) in [5, 5.41) is 0. The van der Waals surface area contributed by atoms with Crippen molar-refractivity contribution < 1.29 is 8.76 Å². The maximum atomic E-state index is 11.7. The van der Waals surface area contributed by atoms with Crippen LogP contribution < -0.4 is 4.90 Å². The smallest absolute Gasteiger partial charge is 0.348 e. The highest BCUT2D eigenvalue weighted by Gasteiger charge is 2.27. The van der Waals surface area contributed by atoms with Crippen LogP contribution >= 0.6 is 10.7 Å². The Balaban J connectivity index is 1.95. The van der Waals surface area contributed by atoms with Crippen molar-refractivity contribution in [1.82, 2.24) is 0 Å². The number of nitrogens with zero attached hydrogens (tertiary/aromatic N) is 1. The van der Waals surface area contributed by atoms with Crippen LogP contribution in [-0.2, 0) is 26.7 Å². The van der Waals surface area contributed by atoms with Crippen LogP contribution in [0.25, 0.3) is 0 Å². The fourth-order valence-corrected chi connectivity index (χ4v) is 3.82. The molecule has 0 aliphatic carbocycles. The molecule has 3 aromatic rings. The van der Waals surface area contributed by atoms with Crippen molar-refractivity contribution in [2.45, 2.75) is 24.9 Å². The minimum Gasteiger partial charge on any atom is -0.363 e. The Kier molecular flexibility index (Phi) is 5.77. The molecule has 0 saturated heterocycles. The molecule has 0 heterocycles. The summed E-state index contributed by atoms with van der Waals surface area (Å²) >= 11 is 0. The molecule has 3 rings (SSSR count). The first-order valence-electron chi connectivity index (χ1n) is 8.33. The number of hydrogen-bond donors (Lipinski definition) is 1. The van der Waals surface area contributed by atoms with E-state index in [-0.39, 0.29) is 4.90 Å². The van der Waals surface area contributed by atoms with E-state index in [0.29, 0.717) is 0 Å². The fraction of sp³-hybridized carbons (Fsp3) is 0.143. The molecule has 3 nitrogen and oxygen atoms in total. The molecular formula is C21H21ClNO2S+. The minimum absolute atomic E-state index is 0.236. The zero-order valence-electron chi connectivity index (χ0n) is 14.5. The number of benzene rings is 3. The molecule has 0 bridgehead atoms. The fourth-order valence-electron chi connectivity index (χ4n) is 2.97. The molecule has 3 aromatic carbocycles. The van der Waals surface area contributed by atoms with E-state index in [2.05, 4.69) is 29.2 Å². The summed E-state index contributed by atoms with van der Waals surface area (Å²) in [5.41, 5.74) is 4.34. The second kappa shape index (κ2) is 8.04. The summed E-state index contributed by atoms with van der Waals surface area (Å²) in [6.07, 6.45) is 0. The van der Waals surface area contributed by atoms with Crippen LogP contribution in [0.3, 0.4) is 0 Å². The highest BCUT2D eigenvalue weighted by molar-refractivity contribution is 8.19. The molecule has 134 valence electrons. The van der Waals surface area contributed by atoms with Gasteiger partial charge in [-0.05, 0) is 40.0 Å². The molecule has 1 unspecified atom stereocenters. The number of rotatable bonds is 6. The Labute approximate surface area is 160 Å². The van der Waals surface area contributed by atoms with Crippen molar-refractivity contribution in [2.24, 2.45) is 0 Å². The first-order chi connectivity index (χ1) is 12.4. The van der Waals surface area contributed by atoms with Gasteiger partial charge >= 0.3 is 9.43 Å². The molecule has 1 N–H and O–H groups in total. The first kappa shape index (κ1) is 18.6. The highest BCUT2D eigenvalue weighted by atomic mass is 35.7. The molecule has 0 radical (unpaired) electrons. The van der Waals surface area contributed by atoms with E-state index in [4.69, 9.17) is 10.7 Å². The molecule has 0 aromatic heterocycles. The van der Waals surface area contributed by atoms with Crippen LogP contribution in [0.2, 0.25) is 0 Å². The van der Waals surface area contributed by atoms with Crippen molar-refractivity contribution in [3.8, 4) is 0 Å². The van der Waals surface area contributed by atoms with E-state index in [9.17, 15) is 8.76 Å². The molecule has 0 saturated carbocycles. The van der Waals surface area contributed by atoms with Gasteiger partial charge in [0.15, 0.2) is 0 Å². The second-order valence-corrected chi connectivity index (χ2v) is 8.88. The van der Waals surface area contributed by atoms with Crippen LogP contribution in [-0.4, -0.2) is 4.55 Å². The van der Waals surface area contributed by atoms with E-state index in [0.717, 1.165) is 24.3 Å². The van der Waals surface area contributed by atoms with Crippen molar-refractivity contribution in [3.63, 3.8) is 0 Å². The predicted molar refractivity (Wildman–Crippen MR) is 109 cm³/mol. The van der Waals surface area contributed by atoms with Gasteiger partial charge in [-0.1, -0.05) is 60.7 Å². The van der Waals surface area contributed by atoms with Crippen LogP contribution in [0.5, 0.6) is 0 Å². The van der Waals surface area contributed by atoms with E-state index in [1.807, 2.05) is 49.4 Å². The Hall–Kier alpha value is -2.14. The molecule has 0 spiro atoms. The molecule has 26 heavy (non-hydrogen) atoms. The Bertz CT molecular complexity index is 868. The minimum atomic E-state index is -3.48. The summed E-state index contributed by atoms with van der Waals surface area (Å²) in [6, 6.07) is 25.7. The summed E-state index contributed by atoms with van der Waals surface area (Å²) in [7, 11) is 2.11. The molecular weight excluding hydrogens is 366 g/mol. The number of aryl methyl sites for hydroxylation is 1. The third-order valence-electron chi connectivity index (χ3n) is 4.23. The van der Waals surface area contributed by atoms with Gasteiger partial charge in [0, 0.05) is 24.8 Å². The average molecular weight is 387 g/mol. The van der Waals surface area contributed by atoms with Crippen LogP contribution in [0.15, 0.2) is 83.8 Å². The largest absolute Gasteiger partial charge is 0.363 e. The molecule has 1 atom stereocenters. The molecule has 0 aliphatic heterocycles. The zero-order chi connectivity index (χ0) is 18.6. The summed E-state index contributed by atoms with van der Waals surface area (Å²) in [6.45, 7) is 3.42. The first-order valence-corrected chi connectivity index (χ1v) is 10.7. The lowest BCUT2D eigenvalue weighted by Gasteiger charge is -2.27. The maximum Gasteiger partial charge on any atom is 0.348 e. The van der Waals surface area contributed by atoms with E-state index >= 15 is 0 Å². The van der Waals surface area contributed by atoms with Gasteiger partial charge in [0.2, 0.25) is 15.6 Å². The van der Waals surface area contributed by atoms with E-state index in [1.54, 1.807) is 12.1 Å². The van der Waals surface area contributed by atoms with Gasteiger partial charge in [-0.25, -0.2) is 0 Å². The topological polar surface area (TPSA) is 40.5 Å². The van der Waals surface area contributed by atoms with Gasteiger partial charge in [0.1, 0.15) is 0 Å². The van der Waals surface area contributed by atoms with Crippen molar-refractivity contribution in [1.29, 1.82) is 0 Å². The molecule has 5 heteroatoms. The quantitative estimate of drug-likeness (QED) is 0.437. The normalized spacial score (nSPS) is 13.2. The lowest BCUT2D eigenvalue weighted by molar-refractivity contribution is 0.513. The van der Waals surface area contributed by atoms with Crippen LogP contribution in [0, 0.1) is 6.92 Å². The monoisotopic (exact) mass is 386 g/mol. The number of hydrogen-bond acceptors (Lipinski definition) is 2. The predicted octanol–water partition coefficient (Wildman–Crippen LogP) is 5.69. The lowest BCUT2D eigenvalue weighted by Crippen LogP contribution is -2.23. The maximum absolute atomic E-state index is 11.7. The van der Waals surface area contributed by atoms with E-state index < -0.39 is 9.43 Å². The van der Waals surface area contributed by atoms with Crippen LogP contribution in [0.1, 0.15) is 16.7 Å². The van der Waals surface area contributed by atoms with E-state index in [1.165, 1.54) is 11.1 Å². The Morgan fingerprint density at radius 2 is 1.38 bits per heavy atom. The molecule has 0 amide bonds. The summed E-state index contributed by atoms with van der Waals surface area (Å²) in [5.74, 6) is 0. The summed E-state index contributed by atoms with van der Waals surface area (Å²) < 4.78 is 21.3. The van der Waals surface area contributed by atoms with Gasteiger partial charge < -0.3 is 4.90 Å². The Morgan fingerprint density at radius 3 is 1.81 bits per heavy atom. The summed E-state index contributed by atoms with van der Waals surface area (Å²) in [4.78, 5) is 2.50. The molecule has 0 fully saturated rings. The SMILES string of the molecule is Cc1cc([S+](=O)(O)Cl)ccc1N(Cc1ccccc1)Cc1ccccc1. The standard InChI is InChI=1S/C21H20ClNO2S/c1-17-14-20(26(22,24)25)12-13-21(17)23(15-18-8-4-2-5-9-18)16-19-10-6-3-7-11-19/h2-14H,15-16H2,1H3/p+1. The van der Waals surface area contributed by atoms with Crippen molar-refractivity contribution in [2.75, 3.05) is 4.90 Å². The van der Waals surface area contributed by atoms with Crippen LogP contribution in [0.4, 0.5) is 5.69 Å². The third-order valence-corrected chi connectivity index (χ3v) is 5.60. The number of anilines is 1. The zero-order valence-corrected chi connectivity index (χ0v) is 16.1. The number of halogens is 1. The highest BCUT2D eigenvalue weighted by Crippen LogP contribution is 2.29. The molecule has 0 aliphatic rings. The third kappa shape index (κ3) is 4.73. The second-order valence-electron chi connectivity index (χ2n) is 6.23. The van der Waals surface area contributed by atoms with Gasteiger partial charge in [-0.3, -0.25) is 0 Å². The van der Waals surface area contributed by atoms with Crippen molar-refractivity contribution in [3.05, 3.63) is 95.6 Å². The average Bonchev–Trinajstić information content (AvgIpc) is 2.62. The van der Waals surface area contributed by atoms with Crippen molar-refractivity contribution >= 4 is 25.8 Å². The Morgan fingerprint density at radius 1 is 0.885 bits per heavy atom. The van der Waals surface area contributed by atoms with Gasteiger partial charge in [0.05, 0.1) is 0 Å². The van der Waals surface area contributed by atoms with Gasteiger partial charge in [-0.15, -0.1) is 0 Å². The lowest BCUT2D eigenvalue weighted by atomic mass is 10.1. The van der Waals surface area contributed by atoms with Gasteiger partial charge in [0.25, 0.3) is 0 Å².